The maximum atomic E-state index is 11.5. The number of amides is 1. The average molecular weight is 228 g/mol. The third-order valence-electron chi connectivity index (χ3n) is 3.30. The summed E-state index contributed by atoms with van der Waals surface area (Å²) in [7, 11) is 0. The van der Waals surface area contributed by atoms with Gasteiger partial charge < -0.3 is 15.7 Å². The average Bonchev–Trinajstić information content (AvgIpc) is 2.28. The molecule has 4 nitrogen and oxygen atoms in total. The fraction of sp³-hybridized carbons (Fsp3) is 0.917. The molecule has 4 heteroatoms. The molecule has 1 aliphatic carbocycles. The summed E-state index contributed by atoms with van der Waals surface area (Å²) in [6.07, 6.45) is 4.10. The first kappa shape index (κ1) is 13.5. The molecule has 16 heavy (non-hydrogen) atoms. The molecule has 3 unspecified atom stereocenters. The molecule has 0 heterocycles. The van der Waals surface area contributed by atoms with Crippen molar-refractivity contribution in [3.8, 4) is 0 Å². The van der Waals surface area contributed by atoms with E-state index in [4.69, 9.17) is 0 Å². The second kappa shape index (κ2) is 6.86. The summed E-state index contributed by atoms with van der Waals surface area (Å²) in [4.78, 5) is 11.5. The number of likely N-dealkylation sites (N-methyl/N-ethyl adjacent to an activating group) is 1. The van der Waals surface area contributed by atoms with E-state index >= 15 is 0 Å². The normalized spacial score (nSPS) is 27.4. The van der Waals surface area contributed by atoms with E-state index in [9.17, 15) is 9.90 Å². The molecule has 1 saturated carbocycles. The second-order valence-electron chi connectivity index (χ2n) is 4.64. The van der Waals surface area contributed by atoms with Gasteiger partial charge in [0.25, 0.3) is 0 Å². The van der Waals surface area contributed by atoms with Crippen LogP contribution in [-0.2, 0) is 4.79 Å². The molecule has 94 valence electrons. The first-order valence-electron chi connectivity index (χ1n) is 6.34. The minimum Gasteiger partial charge on any atom is -0.393 e. The SMILES string of the molecule is CCNC(=O)C(C)NCC1CCCCC1O. The highest BCUT2D eigenvalue weighted by atomic mass is 16.3. The van der Waals surface area contributed by atoms with Crippen LogP contribution in [0.1, 0.15) is 39.5 Å². The first-order chi connectivity index (χ1) is 7.65. The summed E-state index contributed by atoms with van der Waals surface area (Å²) >= 11 is 0. The predicted octanol–water partition coefficient (Wildman–Crippen LogP) is 0.652. The third-order valence-corrected chi connectivity index (χ3v) is 3.30. The number of nitrogens with one attached hydrogen (secondary N) is 2. The van der Waals surface area contributed by atoms with E-state index in [1.165, 1.54) is 6.42 Å². The van der Waals surface area contributed by atoms with E-state index in [1.807, 2.05) is 13.8 Å². The highest BCUT2D eigenvalue weighted by Gasteiger charge is 2.23. The molecule has 0 aromatic heterocycles. The van der Waals surface area contributed by atoms with Crippen LogP contribution in [0.25, 0.3) is 0 Å². The van der Waals surface area contributed by atoms with Gasteiger partial charge in [-0.05, 0) is 32.6 Å². The molecule has 0 aliphatic heterocycles. The second-order valence-corrected chi connectivity index (χ2v) is 4.64. The molecule has 3 N–H and O–H groups in total. The predicted molar refractivity (Wildman–Crippen MR) is 64.1 cm³/mol. The van der Waals surface area contributed by atoms with E-state index in [1.54, 1.807) is 0 Å². The van der Waals surface area contributed by atoms with Gasteiger partial charge in [0.15, 0.2) is 0 Å². The van der Waals surface area contributed by atoms with Gasteiger partial charge in [-0.2, -0.15) is 0 Å². The van der Waals surface area contributed by atoms with Gasteiger partial charge in [0, 0.05) is 13.1 Å². The maximum absolute atomic E-state index is 11.5. The van der Waals surface area contributed by atoms with Gasteiger partial charge in [-0.25, -0.2) is 0 Å². The number of aliphatic hydroxyl groups is 1. The highest BCUT2D eigenvalue weighted by Crippen LogP contribution is 2.23. The van der Waals surface area contributed by atoms with E-state index < -0.39 is 0 Å². The van der Waals surface area contributed by atoms with Crippen LogP contribution in [0.4, 0.5) is 0 Å². The lowest BCUT2D eigenvalue weighted by atomic mass is 9.86. The Balaban J connectivity index is 2.24. The van der Waals surface area contributed by atoms with Crippen molar-refractivity contribution in [3.63, 3.8) is 0 Å². The van der Waals surface area contributed by atoms with Crippen LogP contribution >= 0.6 is 0 Å². The molecule has 1 aliphatic rings. The fourth-order valence-electron chi connectivity index (χ4n) is 2.17. The van der Waals surface area contributed by atoms with Crippen molar-refractivity contribution in [2.45, 2.75) is 51.7 Å². The topological polar surface area (TPSA) is 61.4 Å². The molecular formula is C12H24N2O2. The minimum absolute atomic E-state index is 0.0350. The molecule has 0 saturated heterocycles. The van der Waals surface area contributed by atoms with Crippen LogP contribution in [0, 0.1) is 5.92 Å². The van der Waals surface area contributed by atoms with Crippen molar-refractivity contribution in [2.75, 3.05) is 13.1 Å². The van der Waals surface area contributed by atoms with Gasteiger partial charge in [-0.3, -0.25) is 4.79 Å². The van der Waals surface area contributed by atoms with Gasteiger partial charge in [0.1, 0.15) is 0 Å². The Morgan fingerprint density at radius 2 is 2.12 bits per heavy atom. The monoisotopic (exact) mass is 228 g/mol. The number of carbonyl (C=O) groups excluding carboxylic acids is 1. The number of hydrogen-bond donors (Lipinski definition) is 3. The summed E-state index contributed by atoms with van der Waals surface area (Å²) in [5.74, 6) is 0.346. The van der Waals surface area contributed by atoms with Crippen molar-refractivity contribution >= 4 is 5.91 Å². The smallest absolute Gasteiger partial charge is 0.236 e. The molecule has 0 spiro atoms. The first-order valence-corrected chi connectivity index (χ1v) is 6.34. The maximum Gasteiger partial charge on any atom is 0.236 e. The summed E-state index contributed by atoms with van der Waals surface area (Å²) in [5, 5.41) is 15.8. The van der Waals surface area contributed by atoms with Crippen LogP contribution < -0.4 is 10.6 Å². The number of rotatable bonds is 5. The minimum atomic E-state index is -0.192. The molecule has 0 aromatic carbocycles. The van der Waals surface area contributed by atoms with Gasteiger partial charge in [-0.15, -0.1) is 0 Å². The van der Waals surface area contributed by atoms with Gasteiger partial charge in [0.2, 0.25) is 5.91 Å². The Kier molecular flexibility index (Phi) is 5.77. The molecule has 1 rings (SSSR count). The zero-order chi connectivity index (χ0) is 12.0. The molecular weight excluding hydrogens is 204 g/mol. The van der Waals surface area contributed by atoms with Crippen LogP contribution in [0.15, 0.2) is 0 Å². The standard InChI is InChI=1S/C12H24N2O2/c1-3-13-12(16)9(2)14-8-10-6-4-5-7-11(10)15/h9-11,14-15H,3-8H2,1-2H3,(H,13,16). The summed E-state index contributed by atoms with van der Waals surface area (Å²) in [6.45, 7) is 5.17. The van der Waals surface area contributed by atoms with Crippen LogP contribution in [0.2, 0.25) is 0 Å². The molecule has 3 atom stereocenters. The number of carbonyl (C=O) groups is 1. The van der Waals surface area contributed by atoms with E-state index in [0.29, 0.717) is 12.5 Å². The Labute approximate surface area is 97.8 Å². The van der Waals surface area contributed by atoms with E-state index in [0.717, 1.165) is 25.8 Å². The van der Waals surface area contributed by atoms with Crippen molar-refractivity contribution in [1.29, 1.82) is 0 Å². The number of hydrogen-bond acceptors (Lipinski definition) is 3. The van der Waals surface area contributed by atoms with Gasteiger partial charge in [-0.1, -0.05) is 12.8 Å². The third kappa shape index (κ3) is 4.10. The zero-order valence-corrected chi connectivity index (χ0v) is 10.3. The molecule has 1 fully saturated rings. The Morgan fingerprint density at radius 3 is 2.75 bits per heavy atom. The Bertz CT molecular complexity index is 221. The lowest BCUT2D eigenvalue weighted by Gasteiger charge is -2.28. The van der Waals surface area contributed by atoms with Crippen molar-refractivity contribution in [3.05, 3.63) is 0 Å². The zero-order valence-electron chi connectivity index (χ0n) is 10.3. The van der Waals surface area contributed by atoms with Gasteiger partial charge in [0.05, 0.1) is 12.1 Å². The van der Waals surface area contributed by atoms with E-state index in [-0.39, 0.29) is 18.1 Å². The quantitative estimate of drug-likeness (QED) is 0.647. The van der Waals surface area contributed by atoms with Crippen molar-refractivity contribution < 1.29 is 9.90 Å². The largest absolute Gasteiger partial charge is 0.393 e. The van der Waals surface area contributed by atoms with Crippen LogP contribution in [0.5, 0.6) is 0 Å². The number of aliphatic hydroxyl groups excluding tert-OH is 1. The molecule has 0 radical (unpaired) electrons. The van der Waals surface area contributed by atoms with Crippen LogP contribution in [-0.4, -0.2) is 36.2 Å². The highest BCUT2D eigenvalue weighted by molar-refractivity contribution is 5.81. The van der Waals surface area contributed by atoms with Crippen molar-refractivity contribution in [1.82, 2.24) is 10.6 Å². The summed E-state index contributed by atoms with van der Waals surface area (Å²) < 4.78 is 0. The molecule has 1 amide bonds. The van der Waals surface area contributed by atoms with E-state index in [2.05, 4.69) is 10.6 Å². The Morgan fingerprint density at radius 1 is 1.44 bits per heavy atom. The lowest BCUT2D eigenvalue weighted by molar-refractivity contribution is -0.122. The summed E-state index contributed by atoms with van der Waals surface area (Å²) in [6, 6.07) is -0.172. The van der Waals surface area contributed by atoms with Crippen molar-refractivity contribution in [2.24, 2.45) is 5.92 Å². The molecule has 0 bridgehead atoms. The van der Waals surface area contributed by atoms with Crippen LogP contribution in [0.3, 0.4) is 0 Å². The lowest BCUT2D eigenvalue weighted by Crippen LogP contribution is -2.45. The molecule has 0 aromatic rings. The van der Waals surface area contributed by atoms with Gasteiger partial charge >= 0.3 is 0 Å². The Hall–Kier alpha value is -0.610. The summed E-state index contributed by atoms with van der Waals surface area (Å²) in [5.41, 5.74) is 0. The fourth-order valence-corrected chi connectivity index (χ4v) is 2.17.